The van der Waals surface area contributed by atoms with E-state index in [4.69, 9.17) is 9.84 Å². The van der Waals surface area contributed by atoms with Gasteiger partial charge in [0.25, 0.3) is 0 Å². The number of carboxylic acid groups (broad SMARTS) is 1. The van der Waals surface area contributed by atoms with Gasteiger partial charge in [-0.1, -0.05) is 12.1 Å². The summed E-state index contributed by atoms with van der Waals surface area (Å²) in [4.78, 5) is 10.8. The lowest BCUT2D eigenvalue weighted by molar-refractivity contribution is -0.645. The number of aromatic carboxylic acids is 1. The number of fused-ring (bicyclic) bond motifs is 1. The number of aromatic nitrogens is 2. The third-order valence-corrected chi connectivity index (χ3v) is 3.83. The average Bonchev–Trinajstić information content (AvgIpc) is 2.90. The highest BCUT2D eigenvalue weighted by molar-refractivity contribution is 5.87. The highest BCUT2D eigenvalue weighted by Gasteiger charge is 2.16. The topological polar surface area (TPSA) is 75.6 Å². The molecule has 124 valence electrons. The van der Waals surface area contributed by atoms with Crippen molar-refractivity contribution in [3.8, 4) is 5.75 Å². The van der Waals surface area contributed by atoms with Crippen LogP contribution in [0.4, 0.5) is 0 Å². The lowest BCUT2D eigenvalue weighted by Crippen LogP contribution is -2.27. The van der Waals surface area contributed by atoms with Crippen LogP contribution in [0.15, 0.2) is 54.9 Å². The lowest BCUT2D eigenvalue weighted by Gasteiger charge is -2.11. The summed E-state index contributed by atoms with van der Waals surface area (Å²) >= 11 is 0. The predicted octanol–water partition coefficient (Wildman–Crippen LogP) is 1.60. The quantitative estimate of drug-likeness (QED) is 0.675. The van der Waals surface area contributed by atoms with Gasteiger partial charge in [0.2, 0.25) is 6.33 Å². The van der Waals surface area contributed by atoms with E-state index in [1.807, 2.05) is 46.8 Å². The lowest BCUT2D eigenvalue weighted by atomic mass is 10.2. The monoisotopic (exact) mass is 327 g/mol. The first-order chi connectivity index (χ1) is 11.5. The molecule has 0 bridgehead atoms. The normalized spacial score (nSPS) is 12.2. The Kier molecular flexibility index (Phi) is 4.48. The van der Waals surface area contributed by atoms with Crippen molar-refractivity contribution in [3.05, 3.63) is 60.4 Å². The van der Waals surface area contributed by atoms with Gasteiger partial charge < -0.3 is 14.9 Å². The molecule has 0 spiro atoms. The first-order valence-corrected chi connectivity index (χ1v) is 7.62. The van der Waals surface area contributed by atoms with Gasteiger partial charge in [0.1, 0.15) is 25.0 Å². The smallest absolute Gasteiger partial charge is 0.335 e. The summed E-state index contributed by atoms with van der Waals surface area (Å²) in [6.07, 6.45) is 1.26. The molecule has 3 rings (SSSR count). The minimum Gasteiger partial charge on any atom is -0.491 e. The molecule has 1 atom stereocenters. The second-order valence-corrected chi connectivity index (χ2v) is 5.66. The molecule has 2 N–H and O–H groups in total. The zero-order chi connectivity index (χ0) is 17.1. The van der Waals surface area contributed by atoms with Crippen LogP contribution in [0, 0.1) is 0 Å². The minimum absolute atomic E-state index is 0.128. The summed E-state index contributed by atoms with van der Waals surface area (Å²) < 4.78 is 9.52. The van der Waals surface area contributed by atoms with E-state index in [9.17, 15) is 9.90 Å². The van der Waals surface area contributed by atoms with Crippen LogP contribution in [0.5, 0.6) is 5.75 Å². The second kappa shape index (κ2) is 6.72. The molecule has 0 unspecified atom stereocenters. The van der Waals surface area contributed by atoms with Gasteiger partial charge >= 0.3 is 5.97 Å². The van der Waals surface area contributed by atoms with Crippen LogP contribution in [0.25, 0.3) is 11.0 Å². The van der Waals surface area contributed by atoms with Crippen molar-refractivity contribution in [2.45, 2.75) is 12.6 Å². The average molecular weight is 327 g/mol. The molecule has 0 amide bonds. The molecule has 0 saturated carbocycles. The zero-order valence-electron chi connectivity index (χ0n) is 13.3. The fourth-order valence-corrected chi connectivity index (χ4v) is 2.65. The minimum atomic E-state index is -0.978. The summed E-state index contributed by atoms with van der Waals surface area (Å²) in [5.74, 6) is -0.448. The number of carbonyl (C=O) groups is 1. The predicted molar refractivity (Wildman–Crippen MR) is 88.0 cm³/mol. The number of aryl methyl sites for hydroxylation is 1. The molecular weight excluding hydrogens is 308 g/mol. The van der Waals surface area contributed by atoms with Gasteiger partial charge in [-0.3, -0.25) is 0 Å². The number of aliphatic hydroxyl groups is 1. The van der Waals surface area contributed by atoms with Crippen LogP contribution in [-0.4, -0.2) is 33.5 Å². The third kappa shape index (κ3) is 3.38. The van der Waals surface area contributed by atoms with Crippen molar-refractivity contribution >= 4 is 17.0 Å². The van der Waals surface area contributed by atoms with Gasteiger partial charge in [-0.05, 0) is 36.4 Å². The van der Waals surface area contributed by atoms with Gasteiger partial charge in [-0.15, -0.1) is 0 Å². The van der Waals surface area contributed by atoms with E-state index < -0.39 is 12.1 Å². The van der Waals surface area contributed by atoms with Crippen LogP contribution < -0.4 is 9.30 Å². The Hall–Kier alpha value is -2.86. The number of para-hydroxylation sites is 2. The van der Waals surface area contributed by atoms with Crippen molar-refractivity contribution in [1.29, 1.82) is 0 Å². The van der Waals surface area contributed by atoms with Crippen LogP contribution in [0.2, 0.25) is 0 Å². The number of aliphatic hydroxyl groups excluding tert-OH is 1. The summed E-state index contributed by atoms with van der Waals surface area (Å²) in [6, 6.07) is 14.1. The number of hydrogen-bond acceptors (Lipinski definition) is 3. The first-order valence-electron chi connectivity index (χ1n) is 7.62. The van der Waals surface area contributed by atoms with Crippen molar-refractivity contribution < 1.29 is 24.3 Å². The van der Waals surface area contributed by atoms with E-state index in [1.54, 1.807) is 12.1 Å². The zero-order valence-corrected chi connectivity index (χ0v) is 13.3. The fourth-order valence-electron chi connectivity index (χ4n) is 2.65. The highest BCUT2D eigenvalue weighted by atomic mass is 16.5. The summed E-state index contributed by atoms with van der Waals surface area (Å²) in [5, 5.41) is 19.1. The Balaban J connectivity index is 1.63. The molecule has 0 aliphatic carbocycles. The van der Waals surface area contributed by atoms with E-state index in [2.05, 4.69) is 0 Å². The number of imidazole rings is 1. The molecule has 6 heteroatoms. The number of carboxylic acids is 1. The molecule has 1 aromatic heterocycles. The van der Waals surface area contributed by atoms with Gasteiger partial charge in [-0.2, -0.15) is 0 Å². The maximum atomic E-state index is 10.8. The van der Waals surface area contributed by atoms with Crippen molar-refractivity contribution in [1.82, 2.24) is 4.57 Å². The third-order valence-electron chi connectivity index (χ3n) is 3.83. The molecule has 1 heterocycles. The van der Waals surface area contributed by atoms with Crippen LogP contribution in [0.1, 0.15) is 10.4 Å². The molecule has 0 aliphatic heterocycles. The van der Waals surface area contributed by atoms with E-state index in [1.165, 1.54) is 12.1 Å². The van der Waals surface area contributed by atoms with Gasteiger partial charge in [-0.25, -0.2) is 13.9 Å². The number of benzene rings is 2. The molecule has 0 radical (unpaired) electrons. The number of ether oxygens (including phenoxy) is 1. The van der Waals surface area contributed by atoms with E-state index in [0.29, 0.717) is 12.3 Å². The Morgan fingerprint density at radius 2 is 1.92 bits per heavy atom. The van der Waals surface area contributed by atoms with Gasteiger partial charge in [0, 0.05) is 0 Å². The molecule has 0 saturated heterocycles. The number of rotatable bonds is 6. The highest BCUT2D eigenvalue weighted by Crippen LogP contribution is 2.14. The van der Waals surface area contributed by atoms with E-state index in [-0.39, 0.29) is 12.2 Å². The Bertz CT molecular complexity index is 855. The molecule has 6 nitrogen and oxygen atoms in total. The van der Waals surface area contributed by atoms with Crippen LogP contribution in [0.3, 0.4) is 0 Å². The van der Waals surface area contributed by atoms with Crippen molar-refractivity contribution in [2.24, 2.45) is 7.05 Å². The van der Waals surface area contributed by atoms with Crippen LogP contribution >= 0.6 is 0 Å². The fraction of sp³-hybridized carbons (Fsp3) is 0.222. The Morgan fingerprint density at radius 3 is 2.62 bits per heavy atom. The van der Waals surface area contributed by atoms with Gasteiger partial charge in [0.05, 0.1) is 12.6 Å². The second-order valence-electron chi connectivity index (χ2n) is 5.66. The van der Waals surface area contributed by atoms with Gasteiger partial charge in [0.15, 0.2) is 11.0 Å². The SMILES string of the molecule is C[n+]1cn(C[C@H](O)COc2ccc(C(=O)O)cc2)c2ccccc21. The standard InChI is InChI=1S/C18H18N2O4/c1-19-12-20(17-5-3-2-4-16(17)19)10-14(21)11-24-15-8-6-13(7-9-15)18(22)23/h2-9,12,14,21H,10-11H2,1H3/p+1/t14-/m0/s1. The maximum Gasteiger partial charge on any atom is 0.335 e. The molecule has 3 aromatic rings. The molecule has 0 aliphatic rings. The Labute approximate surface area is 139 Å². The molecule has 24 heavy (non-hydrogen) atoms. The summed E-state index contributed by atoms with van der Waals surface area (Å²) in [6.45, 7) is 0.539. The summed E-state index contributed by atoms with van der Waals surface area (Å²) in [5.41, 5.74) is 2.34. The van der Waals surface area contributed by atoms with Crippen molar-refractivity contribution in [3.63, 3.8) is 0 Å². The largest absolute Gasteiger partial charge is 0.491 e. The van der Waals surface area contributed by atoms with Crippen molar-refractivity contribution in [2.75, 3.05) is 6.61 Å². The number of hydrogen-bond donors (Lipinski definition) is 2. The molecular formula is C18H19N2O4+. The number of nitrogens with zero attached hydrogens (tertiary/aromatic N) is 2. The first kappa shape index (κ1) is 16.0. The maximum absolute atomic E-state index is 10.8. The van der Waals surface area contributed by atoms with E-state index in [0.717, 1.165) is 11.0 Å². The molecule has 0 fully saturated rings. The molecule has 2 aromatic carbocycles. The van der Waals surface area contributed by atoms with Crippen LogP contribution in [-0.2, 0) is 13.6 Å². The summed E-state index contributed by atoms with van der Waals surface area (Å²) in [7, 11) is 1.96. The Morgan fingerprint density at radius 1 is 1.21 bits per heavy atom. The van der Waals surface area contributed by atoms with E-state index >= 15 is 0 Å².